The number of ether oxygens (including phenoxy) is 1. The van der Waals surface area contributed by atoms with Gasteiger partial charge in [-0.25, -0.2) is 14.2 Å². The van der Waals surface area contributed by atoms with Gasteiger partial charge < -0.3 is 10.1 Å². The van der Waals surface area contributed by atoms with Crippen LogP contribution >= 0.6 is 0 Å². The molecule has 0 radical (unpaired) electrons. The Morgan fingerprint density at radius 3 is 2.62 bits per heavy atom. The molecule has 34 heavy (non-hydrogen) atoms. The summed E-state index contributed by atoms with van der Waals surface area (Å²) in [5.41, 5.74) is -3.47. The summed E-state index contributed by atoms with van der Waals surface area (Å²) in [6, 6.07) is 2.67. The molecule has 1 fully saturated rings. The Morgan fingerprint density at radius 2 is 2.03 bits per heavy atom. The average Bonchev–Trinajstić information content (AvgIpc) is 3.28. The first-order valence-corrected chi connectivity index (χ1v) is 10.3. The summed E-state index contributed by atoms with van der Waals surface area (Å²) in [4.78, 5) is 20.0. The van der Waals surface area contributed by atoms with Gasteiger partial charge in [0.1, 0.15) is 12.0 Å². The number of nitrogens with one attached hydrogen (secondary N) is 2. The molecule has 0 saturated carbocycles. The minimum Gasteiger partial charge on any atom is -0.434 e. The maximum absolute atomic E-state index is 14.7. The predicted octanol–water partition coefficient (Wildman–Crippen LogP) is 5.18. The lowest BCUT2D eigenvalue weighted by atomic mass is 9.78. The van der Waals surface area contributed by atoms with Gasteiger partial charge >= 0.3 is 18.2 Å². The Hall–Kier alpha value is -3.15. The molecular weight excluding hydrogens is 466 g/mol. The van der Waals surface area contributed by atoms with Crippen molar-refractivity contribution in [1.29, 1.82) is 0 Å². The highest BCUT2D eigenvalue weighted by molar-refractivity contribution is 5.89. The van der Waals surface area contributed by atoms with Crippen LogP contribution in [-0.2, 0) is 16.3 Å². The van der Waals surface area contributed by atoms with E-state index in [1.807, 2.05) is 0 Å². The molecule has 1 saturated heterocycles. The van der Waals surface area contributed by atoms with Gasteiger partial charge in [-0.3, -0.25) is 10.3 Å². The van der Waals surface area contributed by atoms with Crippen molar-refractivity contribution < 1.29 is 35.9 Å². The predicted molar refractivity (Wildman–Crippen MR) is 110 cm³/mol. The second-order valence-electron chi connectivity index (χ2n) is 8.23. The molecule has 2 aliphatic rings. The van der Waals surface area contributed by atoms with E-state index in [1.54, 1.807) is 0 Å². The fraction of sp³-hybridized carbons (Fsp3) is 0.409. The van der Waals surface area contributed by atoms with Gasteiger partial charge in [0.25, 0.3) is 0 Å². The number of amides is 1. The average molecular weight is 486 g/mol. The molecule has 3 atom stereocenters. The summed E-state index contributed by atoms with van der Waals surface area (Å²) in [6.07, 6.45) is -8.17. The van der Waals surface area contributed by atoms with Gasteiger partial charge in [-0.1, -0.05) is 6.58 Å². The van der Waals surface area contributed by atoms with Crippen LogP contribution in [0.3, 0.4) is 0 Å². The molecule has 2 N–H and O–H groups in total. The number of halogens is 6. The Kier molecular flexibility index (Phi) is 5.83. The highest BCUT2D eigenvalue weighted by Gasteiger charge is 2.48. The summed E-state index contributed by atoms with van der Waals surface area (Å²) in [5, 5.41) is 5.13. The number of carbonyl (C=O) groups is 1. The number of hydrogen-bond donors (Lipinski definition) is 2. The normalized spacial score (nSPS) is 23.6. The Bertz CT molecular complexity index is 1130. The maximum Gasteiger partial charge on any atom is 0.416 e. The molecule has 0 aliphatic carbocycles. The summed E-state index contributed by atoms with van der Waals surface area (Å²) in [6.45, 7) is 4.73. The van der Waals surface area contributed by atoms with Crippen molar-refractivity contribution in [2.75, 3.05) is 18.4 Å². The smallest absolute Gasteiger partial charge is 0.416 e. The quantitative estimate of drug-likeness (QED) is 0.450. The molecule has 1 amide bonds. The monoisotopic (exact) mass is 486 g/mol. The van der Waals surface area contributed by atoms with E-state index >= 15 is 0 Å². The molecule has 4 rings (SSSR count). The molecule has 0 bridgehead atoms. The first-order valence-electron chi connectivity index (χ1n) is 10.3. The van der Waals surface area contributed by atoms with Gasteiger partial charge in [-0.05, 0) is 44.2 Å². The Labute approximate surface area is 190 Å². The summed E-state index contributed by atoms with van der Waals surface area (Å²) >= 11 is 0. The van der Waals surface area contributed by atoms with Crippen LogP contribution in [-0.4, -0.2) is 41.2 Å². The molecule has 0 spiro atoms. The van der Waals surface area contributed by atoms with Crippen molar-refractivity contribution in [3.05, 3.63) is 53.9 Å². The number of cyclic esters (lactones) is 1. The van der Waals surface area contributed by atoms with Crippen LogP contribution in [0.25, 0.3) is 11.3 Å². The van der Waals surface area contributed by atoms with E-state index < -0.39 is 41.4 Å². The van der Waals surface area contributed by atoms with Crippen LogP contribution in [0.1, 0.15) is 36.3 Å². The zero-order valence-corrected chi connectivity index (χ0v) is 17.8. The lowest BCUT2D eigenvalue weighted by molar-refractivity contribution is -0.137. The minimum atomic E-state index is -4.82. The van der Waals surface area contributed by atoms with E-state index in [0.717, 1.165) is 12.3 Å². The molecule has 6 nitrogen and oxygen atoms in total. The topological polar surface area (TPSA) is 76.1 Å². The molecule has 4 heterocycles. The first-order chi connectivity index (χ1) is 15.9. The first kappa shape index (κ1) is 24.0. The van der Waals surface area contributed by atoms with Crippen molar-refractivity contribution in [3.63, 3.8) is 0 Å². The number of pyridine rings is 2. The van der Waals surface area contributed by atoms with Crippen molar-refractivity contribution in [2.24, 2.45) is 0 Å². The van der Waals surface area contributed by atoms with Crippen molar-refractivity contribution >= 4 is 11.9 Å². The molecule has 2 aromatic heterocycles. The van der Waals surface area contributed by atoms with E-state index in [-0.39, 0.29) is 47.4 Å². The highest BCUT2D eigenvalue weighted by Crippen LogP contribution is 2.46. The maximum atomic E-state index is 14.7. The molecule has 12 heteroatoms. The summed E-state index contributed by atoms with van der Waals surface area (Å²) < 4.78 is 90.3. The number of rotatable bonds is 5. The van der Waals surface area contributed by atoms with Crippen LogP contribution < -0.4 is 10.6 Å². The largest absolute Gasteiger partial charge is 0.434 e. The van der Waals surface area contributed by atoms with Crippen LogP contribution in [0.5, 0.6) is 0 Å². The van der Waals surface area contributed by atoms with E-state index in [4.69, 9.17) is 4.74 Å². The van der Waals surface area contributed by atoms with Gasteiger partial charge in [0, 0.05) is 18.3 Å². The number of nitrogens with zero attached hydrogens (tertiary/aromatic N) is 2. The molecular formula is C22H20F6N4O2. The van der Waals surface area contributed by atoms with Gasteiger partial charge in [0.05, 0.1) is 27.9 Å². The van der Waals surface area contributed by atoms with Gasteiger partial charge in [-0.15, -0.1) is 0 Å². The van der Waals surface area contributed by atoms with E-state index in [2.05, 4.69) is 27.2 Å². The van der Waals surface area contributed by atoms with Gasteiger partial charge in [0.15, 0.2) is 6.10 Å². The number of anilines is 1. The van der Waals surface area contributed by atoms with Crippen LogP contribution in [0.2, 0.25) is 0 Å². The lowest BCUT2D eigenvalue weighted by Gasteiger charge is -2.32. The van der Waals surface area contributed by atoms with Crippen molar-refractivity contribution in [3.8, 4) is 11.3 Å². The summed E-state index contributed by atoms with van der Waals surface area (Å²) in [7, 11) is 0. The Balaban J connectivity index is 1.99. The van der Waals surface area contributed by atoms with Gasteiger partial charge in [-0.2, -0.15) is 22.0 Å². The van der Waals surface area contributed by atoms with Crippen LogP contribution in [0.4, 0.5) is 37.0 Å². The van der Waals surface area contributed by atoms with Gasteiger partial charge in [0.2, 0.25) is 0 Å². The molecule has 0 aromatic carbocycles. The SMILES string of the molecule is C=CC(F)(F)C1OC(=O)Nc2nccc(-c3cc(C(F)(F)F)cc(C4([C@@H](C)F)CCNC4)n3)c21. The third-order valence-electron chi connectivity index (χ3n) is 6.21. The molecule has 2 aliphatic heterocycles. The number of carbonyl (C=O) groups excluding carboxylic acids is 1. The van der Waals surface area contributed by atoms with E-state index in [1.165, 1.54) is 13.0 Å². The fourth-order valence-electron chi connectivity index (χ4n) is 4.29. The third kappa shape index (κ3) is 3.99. The standard InChI is InChI=1S/C22H20F6N4O2/c1-3-21(24,25)17-16-13(4-6-30-18(16)32-19(33)34-17)14-8-12(22(26,27)28)9-15(31-14)20(11(2)23)5-7-29-10-20/h3-4,6,8-9,11,17,29H,1,5,7,10H2,2H3,(H,30,32,33)/t11-,17?,20?/m1/s1. The number of alkyl halides is 6. The number of fused-ring (bicyclic) bond motifs is 1. The van der Waals surface area contributed by atoms with Crippen molar-refractivity contribution in [1.82, 2.24) is 15.3 Å². The van der Waals surface area contributed by atoms with Crippen LogP contribution in [0.15, 0.2) is 37.1 Å². The zero-order chi connectivity index (χ0) is 24.9. The zero-order valence-electron chi connectivity index (χ0n) is 17.8. The van der Waals surface area contributed by atoms with E-state index in [0.29, 0.717) is 12.6 Å². The Morgan fingerprint density at radius 1 is 1.29 bits per heavy atom. The number of aromatic nitrogens is 2. The summed E-state index contributed by atoms with van der Waals surface area (Å²) in [5.74, 6) is -4.07. The molecule has 2 aromatic rings. The highest BCUT2D eigenvalue weighted by atomic mass is 19.4. The van der Waals surface area contributed by atoms with E-state index in [9.17, 15) is 31.1 Å². The second-order valence-corrected chi connectivity index (χ2v) is 8.23. The minimum absolute atomic E-state index is 0.0587. The fourth-order valence-corrected chi connectivity index (χ4v) is 4.29. The lowest BCUT2D eigenvalue weighted by Crippen LogP contribution is -2.39. The third-order valence-corrected chi connectivity index (χ3v) is 6.21. The second kappa shape index (κ2) is 8.26. The number of hydrogen-bond acceptors (Lipinski definition) is 5. The van der Waals surface area contributed by atoms with Crippen molar-refractivity contribution in [2.45, 2.75) is 43.1 Å². The molecule has 182 valence electrons. The molecule has 2 unspecified atom stereocenters. The van der Waals surface area contributed by atoms with Crippen LogP contribution in [0, 0.1) is 0 Å².